The molecule has 2 heterocycles. The molecule has 15 heavy (non-hydrogen) atoms. The molecule has 0 aromatic heterocycles. The van der Waals surface area contributed by atoms with Crippen LogP contribution in [-0.2, 0) is 4.74 Å². The SMILES string of the molecule is CC1CSC(NC2CCCOC2)=NC1C. The molecule has 0 aromatic carbocycles. The van der Waals surface area contributed by atoms with E-state index in [-0.39, 0.29) is 0 Å². The Bertz CT molecular complexity index is 239. The van der Waals surface area contributed by atoms with E-state index in [0.717, 1.165) is 18.4 Å². The van der Waals surface area contributed by atoms with E-state index in [2.05, 4.69) is 24.2 Å². The lowest BCUT2D eigenvalue weighted by Crippen LogP contribution is -2.41. The van der Waals surface area contributed by atoms with Crippen molar-refractivity contribution in [2.24, 2.45) is 10.9 Å². The van der Waals surface area contributed by atoms with E-state index in [1.807, 2.05) is 11.8 Å². The van der Waals surface area contributed by atoms with Crippen LogP contribution in [-0.4, -0.2) is 36.2 Å². The Morgan fingerprint density at radius 1 is 1.47 bits per heavy atom. The molecular weight excluding hydrogens is 208 g/mol. The van der Waals surface area contributed by atoms with Crippen LogP contribution in [0.2, 0.25) is 0 Å². The van der Waals surface area contributed by atoms with Gasteiger partial charge >= 0.3 is 0 Å². The number of ether oxygens (including phenoxy) is 1. The van der Waals surface area contributed by atoms with Gasteiger partial charge in [0.1, 0.15) is 0 Å². The number of thioether (sulfide) groups is 1. The van der Waals surface area contributed by atoms with Crippen LogP contribution >= 0.6 is 11.8 Å². The third-order valence-corrected chi connectivity index (χ3v) is 4.30. The molecule has 3 nitrogen and oxygen atoms in total. The van der Waals surface area contributed by atoms with Crippen molar-refractivity contribution in [2.75, 3.05) is 19.0 Å². The summed E-state index contributed by atoms with van der Waals surface area (Å²) in [6, 6.07) is 0.934. The zero-order valence-electron chi connectivity index (χ0n) is 9.53. The molecule has 1 fully saturated rings. The van der Waals surface area contributed by atoms with Crippen LogP contribution in [0.25, 0.3) is 0 Å². The third-order valence-electron chi connectivity index (χ3n) is 3.12. The lowest BCUT2D eigenvalue weighted by molar-refractivity contribution is 0.0766. The molecule has 1 N–H and O–H groups in total. The molecule has 3 atom stereocenters. The largest absolute Gasteiger partial charge is 0.379 e. The third kappa shape index (κ3) is 3.11. The minimum absolute atomic E-state index is 0.457. The van der Waals surface area contributed by atoms with E-state index in [1.54, 1.807) is 0 Å². The summed E-state index contributed by atoms with van der Waals surface area (Å²) in [6.45, 7) is 6.22. The number of hydrogen-bond acceptors (Lipinski definition) is 4. The van der Waals surface area contributed by atoms with Crippen LogP contribution in [0.15, 0.2) is 4.99 Å². The molecule has 0 aliphatic carbocycles. The Hall–Kier alpha value is -0.220. The maximum atomic E-state index is 5.44. The van der Waals surface area contributed by atoms with Crippen molar-refractivity contribution in [3.05, 3.63) is 0 Å². The zero-order chi connectivity index (χ0) is 10.7. The lowest BCUT2D eigenvalue weighted by atomic mass is 10.1. The van der Waals surface area contributed by atoms with E-state index in [9.17, 15) is 0 Å². The Morgan fingerprint density at radius 2 is 2.33 bits per heavy atom. The molecule has 0 aromatic rings. The monoisotopic (exact) mass is 228 g/mol. The van der Waals surface area contributed by atoms with Gasteiger partial charge in [-0.2, -0.15) is 0 Å². The molecule has 2 aliphatic heterocycles. The van der Waals surface area contributed by atoms with Crippen LogP contribution in [0.4, 0.5) is 0 Å². The molecule has 4 heteroatoms. The molecule has 2 rings (SSSR count). The average Bonchev–Trinajstić information content (AvgIpc) is 2.25. The Balaban J connectivity index is 1.85. The molecule has 86 valence electrons. The highest BCUT2D eigenvalue weighted by atomic mass is 32.2. The maximum absolute atomic E-state index is 5.44. The van der Waals surface area contributed by atoms with Crippen molar-refractivity contribution in [1.29, 1.82) is 0 Å². The smallest absolute Gasteiger partial charge is 0.157 e. The van der Waals surface area contributed by atoms with E-state index in [4.69, 9.17) is 4.74 Å². The van der Waals surface area contributed by atoms with Gasteiger partial charge in [0, 0.05) is 12.4 Å². The standard InChI is InChI=1S/C11H20N2OS/c1-8-7-15-11(12-9(8)2)13-10-4-3-5-14-6-10/h8-10H,3-7H2,1-2H3,(H,12,13). The van der Waals surface area contributed by atoms with Crippen LogP contribution in [0, 0.1) is 5.92 Å². The molecule has 2 aliphatic rings. The van der Waals surface area contributed by atoms with E-state index in [1.165, 1.54) is 18.6 Å². The predicted octanol–water partition coefficient (Wildman–Crippen LogP) is 1.88. The maximum Gasteiger partial charge on any atom is 0.157 e. The minimum Gasteiger partial charge on any atom is -0.379 e. The molecule has 0 spiro atoms. The molecule has 1 saturated heterocycles. The van der Waals surface area contributed by atoms with Gasteiger partial charge in [-0.1, -0.05) is 18.7 Å². The summed E-state index contributed by atoms with van der Waals surface area (Å²) < 4.78 is 5.44. The van der Waals surface area contributed by atoms with Crippen LogP contribution < -0.4 is 5.32 Å². The van der Waals surface area contributed by atoms with Crippen LogP contribution in [0.5, 0.6) is 0 Å². The van der Waals surface area contributed by atoms with E-state index < -0.39 is 0 Å². The number of aliphatic imine (C=N–C) groups is 1. The van der Waals surface area contributed by atoms with Gasteiger partial charge in [0.05, 0.1) is 18.7 Å². The van der Waals surface area contributed by atoms with Crippen molar-refractivity contribution < 1.29 is 4.74 Å². The number of nitrogens with one attached hydrogen (secondary N) is 1. The van der Waals surface area contributed by atoms with Gasteiger partial charge in [-0.15, -0.1) is 0 Å². The summed E-state index contributed by atoms with van der Waals surface area (Å²) in [5.74, 6) is 1.88. The topological polar surface area (TPSA) is 33.6 Å². The second-order valence-corrected chi connectivity index (χ2v) is 5.53. The van der Waals surface area contributed by atoms with Gasteiger partial charge in [0.15, 0.2) is 5.17 Å². The summed E-state index contributed by atoms with van der Waals surface area (Å²) in [6.07, 6.45) is 2.38. The first-order valence-corrected chi connectivity index (χ1v) is 6.79. The van der Waals surface area contributed by atoms with Crippen LogP contribution in [0.3, 0.4) is 0 Å². The molecule has 3 unspecified atom stereocenters. The average molecular weight is 228 g/mol. The fourth-order valence-electron chi connectivity index (χ4n) is 1.81. The number of nitrogens with zero attached hydrogens (tertiary/aromatic N) is 1. The minimum atomic E-state index is 0.457. The molecule has 0 radical (unpaired) electrons. The van der Waals surface area contributed by atoms with Crippen molar-refractivity contribution in [3.63, 3.8) is 0 Å². The van der Waals surface area contributed by atoms with E-state index in [0.29, 0.717) is 18.0 Å². The normalized spacial score (nSPS) is 37.2. The highest BCUT2D eigenvalue weighted by Crippen LogP contribution is 2.22. The van der Waals surface area contributed by atoms with Gasteiger partial charge in [-0.3, -0.25) is 4.99 Å². The van der Waals surface area contributed by atoms with Gasteiger partial charge in [-0.05, 0) is 25.7 Å². The van der Waals surface area contributed by atoms with Crippen molar-refractivity contribution in [2.45, 2.75) is 38.8 Å². The van der Waals surface area contributed by atoms with Crippen LogP contribution in [0.1, 0.15) is 26.7 Å². The number of rotatable bonds is 1. The highest BCUT2D eigenvalue weighted by molar-refractivity contribution is 8.13. The second kappa shape index (κ2) is 5.21. The Morgan fingerprint density at radius 3 is 3.00 bits per heavy atom. The summed E-state index contributed by atoms with van der Waals surface area (Å²) in [7, 11) is 0. The Kier molecular flexibility index (Phi) is 3.92. The fraction of sp³-hybridized carbons (Fsp3) is 0.909. The number of hydrogen-bond donors (Lipinski definition) is 1. The van der Waals surface area contributed by atoms with Gasteiger partial charge in [0.2, 0.25) is 0 Å². The number of amidine groups is 1. The highest BCUT2D eigenvalue weighted by Gasteiger charge is 2.22. The van der Waals surface area contributed by atoms with Crippen molar-refractivity contribution in [3.8, 4) is 0 Å². The first-order chi connectivity index (χ1) is 7.25. The molecule has 0 amide bonds. The zero-order valence-corrected chi connectivity index (χ0v) is 10.3. The first kappa shape index (κ1) is 11.3. The van der Waals surface area contributed by atoms with Crippen molar-refractivity contribution >= 4 is 16.9 Å². The lowest BCUT2D eigenvalue weighted by Gasteiger charge is -2.28. The van der Waals surface area contributed by atoms with Gasteiger partial charge in [0.25, 0.3) is 0 Å². The van der Waals surface area contributed by atoms with Gasteiger partial charge in [-0.25, -0.2) is 0 Å². The van der Waals surface area contributed by atoms with E-state index >= 15 is 0 Å². The summed E-state index contributed by atoms with van der Waals surface area (Å²) >= 11 is 1.85. The summed E-state index contributed by atoms with van der Waals surface area (Å²) in [5, 5.41) is 4.62. The molecular formula is C11H20N2OS. The predicted molar refractivity (Wildman–Crippen MR) is 65.5 cm³/mol. The van der Waals surface area contributed by atoms with Crippen molar-refractivity contribution in [1.82, 2.24) is 5.32 Å². The van der Waals surface area contributed by atoms with Gasteiger partial charge < -0.3 is 10.1 Å². The molecule has 0 bridgehead atoms. The summed E-state index contributed by atoms with van der Waals surface area (Å²) in [5.41, 5.74) is 0. The fourth-order valence-corrected chi connectivity index (χ4v) is 3.00. The second-order valence-electron chi connectivity index (χ2n) is 4.52. The first-order valence-electron chi connectivity index (χ1n) is 5.80. The summed E-state index contributed by atoms with van der Waals surface area (Å²) in [4.78, 5) is 4.67. The quantitative estimate of drug-likeness (QED) is 0.744. The Labute approximate surface area is 96.1 Å². The molecule has 0 saturated carbocycles.